The summed E-state index contributed by atoms with van der Waals surface area (Å²) in [6.07, 6.45) is 1.45. The molecule has 2 heterocycles. The highest BCUT2D eigenvalue weighted by molar-refractivity contribution is 7.17. The van der Waals surface area contributed by atoms with Crippen LogP contribution in [0, 0.1) is 5.82 Å². The highest BCUT2D eigenvalue weighted by atomic mass is 32.1. The van der Waals surface area contributed by atoms with E-state index in [2.05, 4.69) is 15.3 Å². The summed E-state index contributed by atoms with van der Waals surface area (Å²) in [5.74, 6) is 1.62. The summed E-state index contributed by atoms with van der Waals surface area (Å²) in [6, 6.07) is 20.6. The van der Waals surface area contributed by atoms with Crippen LogP contribution in [0.4, 0.5) is 10.1 Å². The minimum Gasteiger partial charge on any atom is -0.457 e. The van der Waals surface area contributed by atoms with Crippen molar-refractivity contribution in [2.45, 2.75) is 6.92 Å². The van der Waals surface area contributed by atoms with Gasteiger partial charge in [0.1, 0.15) is 34.2 Å². The van der Waals surface area contributed by atoms with Crippen molar-refractivity contribution >= 4 is 33.1 Å². The Labute approximate surface area is 198 Å². The van der Waals surface area contributed by atoms with Gasteiger partial charge in [0.15, 0.2) is 0 Å². The van der Waals surface area contributed by atoms with Gasteiger partial charge in [-0.15, -0.1) is 11.3 Å². The van der Waals surface area contributed by atoms with Crippen molar-refractivity contribution in [2.75, 3.05) is 5.32 Å². The first-order valence-corrected chi connectivity index (χ1v) is 11.2. The second-order valence-electron chi connectivity index (χ2n) is 7.40. The van der Waals surface area contributed by atoms with E-state index in [9.17, 15) is 9.18 Å². The summed E-state index contributed by atoms with van der Waals surface area (Å²) in [5, 5.41) is 5.45. The first-order valence-electron chi connectivity index (χ1n) is 10.4. The number of hydrogen-bond acceptors (Lipinski definition) is 6. The van der Waals surface area contributed by atoms with E-state index in [1.165, 1.54) is 36.7 Å². The Balaban J connectivity index is 1.43. The molecule has 0 bridgehead atoms. The van der Waals surface area contributed by atoms with Crippen molar-refractivity contribution in [3.05, 3.63) is 90.3 Å². The third-order valence-electron chi connectivity index (χ3n) is 4.90. The zero-order valence-electron chi connectivity index (χ0n) is 18.0. The van der Waals surface area contributed by atoms with Gasteiger partial charge in [-0.1, -0.05) is 24.3 Å². The van der Waals surface area contributed by atoms with Gasteiger partial charge in [0, 0.05) is 35.7 Å². The molecule has 0 fully saturated rings. The number of halogens is 1. The molecule has 0 saturated heterocycles. The lowest BCUT2D eigenvalue weighted by Gasteiger charge is -2.11. The minimum atomic E-state index is -0.296. The summed E-state index contributed by atoms with van der Waals surface area (Å²) >= 11 is 1.47. The molecule has 0 spiro atoms. The molecule has 3 aromatic carbocycles. The second kappa shape index (κ2) is 9.29. The van der Waals surface area contributed by atoms with Gasteiger partial charge >= 0.3 is 0 Å². The van der Waals surface area contributed by atoms with Crippen molar-refractivity contribution in [3.63, 3.8) is 0 Å². The summed E-state index contributed by atoms with van der Waals surface area (Å²) in [5.41, 5.74) is 2.37. The quantitative estimate of drug-likeness (QED) is 0.287. The Morgan fingerprint density at radius 3 is 2.38 bits per heavy atom. The molecule has 8 heteroatoms. The molecule has 2 aromatic heterocycles. The number of benzene rings is 3. The zero-order valence-corrected chi connectivity index (χ0v) is 18.8. The van der Waals surface area contributed by atoms with E-state index >= 15 is 0 Å². The first-order chi connectivity index (χ1) is 16.5. The van der Waals surface area contributed by atoms with Crippen molar-refractivity contribution in [3.8, 4) is 34.3 Å². The number of aromatic nitrogens is 2. The Kier molecular flexibility index (Phi) is 5.88. The van der Waals surface area contributed by atoms with Gasteiger partial charge < -0.3 is 14.8 Å². The molecule has 0 atom stereocenters. The maximum atomic E-state index is 13.4. The number of nitrogens with zero attached hydrogens (tertiary/aromatic N) is 2. The van der Waals surface area contributed by atoms with Gasteiger partial charge in [-0.25, -0.2) is 14.4 Å². The van der Waals surface area contributed by atoms with E-state index in [0.717, 1.165) is 21.3 Å². The van der Waals surface area contributed by atoms with E-state index in [1.807, 2.05) is 17.5 Å². The first kappa shape index (κ1) is 21.5. The van der Waals surface area contributed by atoms with Crippen molar-refractivity contribution in [1.29, 1.82) is 0 Å². The fourth-order valence-corrected chi connectivity index (χ4v) is 4.36. The predicted octanol–water partition coefficient (Wildman–Crippen LogP) is 7.04. The van der Waals surface area contributed by atoms with Crippen molar-refractivity contribution in [2.24, 2.45) is 0 Å². The van der Waals surface area contributed by atoms with Crippen LogP contribution >= 0.6 is 11.3 Å². The number of anilines is 1. The molecular formula is C26H18FN3O3S. The van der Waals surface area contributed by atoms with E-state index in [-0.39, 0.29) is 11.7 Å². The number of thiophene rings is 1. The number of hydrogen-bond donors (Lipinski definition) is 1. The third-order valence-corrected chi connectivity index (χ3v) is 5.79. The molecule has 1 amide bonds. The Morgan fingerprint density at radius 1 is 0.912 bits per heavy atom. The Hall–Kier alpha value is -4.30. The standard InChI is InChI=1S/C26H18FN3O3S/c1-16(31)30-19-4-2-5-20(12-19)32-21-6-3-7-22(13-21)33-25-24-23(14-34-26(24)29-15-28-25)17-8-10-18(27)11-9-17/h2-15H,1H3,(H,30,31). The van der Waals surface area contributed by atoms with Gasteiger partial charge in [0.25, 0.3) is 0 Å². The van der Waals surface area contributed by atoms with Crippen LogP contribution in [0.25, 0.3) is 21.3 Å². The second-order valence-corrected chi connectivity index (χ2v) is 8.26. The number of ether oxygens (including phenoxy) is 2. The number of nitrogens with one attached hydrogen (secondary N) is 1. The molecule has 168 valence electrons. The van der Waals surface area contributed by atoms with Crippen molar-refractivity contribution in [1.82, 2.24) is 9.97 Å². The average Bonchev–Trinajstić information content (AvgIpc) is 3.25. The lowest BCUT2D eigenvalue weighted by molar-refractivity contribution is -0.114. The van der Waals surface area contributed by atoms with Gasteiger partial charge in [0.05, 0.1) is 5.39 Å². The number of carbonyl (C=O) groups is 1. The minimum absolute atomic E-state index is 0.155. The lowest BCUT2D eigenvalue weighted by Crippen LogP contribution is -2.05. The molecule has 6 nitrogen and oxygen atoms in total. The fourth-order valence-electron chi connectivity index (χ4n) is 3.46. The highest BCUT2D eigenvalue weighted by Gasteiger charge is 2.15. The number of rotatable bonds is 6. The highest BCUT2D eigenvalue weighted by Crippen LogP contribution is 2.39. The van der Waals surface area contributed by atoms with Crippen LogP contribution in [-0.4, -0.2) is 15.9 Å². The molecule has 5 rings (SSSR count). The Bertz CT molecular complexity index is 1480. The lowest BCUT2D eigenvalue weighted by atomic mass is 10.1. The van der Waals surface area contributed by atoms with Crippen LogP contribution in [0.3, 0.4) is 0 Å². The van der Waals surface area contributed by atoms with E-state index in [0.29, 0.717) is 28.8 Å². The van der Waals surface area contributed by atoms with Crippen LogP contribution in [0.1, 0.15) is 6.92 Å². The molecule has 0 aliphatic heterocycles. The average molecular weight is 472 g/mol. The van der Waals surface area contributed by atoms with Crippen LogP contribution < -0.4 is 14.8 Å². The maximum Gasteiger partial charge on any atom is 0.231 e. The van der Waals surface area contributed by atoms with E-state index in [4.69, 9.17) is 9.47 Å². The summed E-state index contributed by atoms with van der Waals surface area (Å²) in [4.78, 5) is 20.8. The van der Waals surface area contributed by atoms with Crippen LogP contribution in [0.2, 0.25) is 0 Å². The summed E-state index contributed by atoms with van der Waals surface area (Å²) in [6.45, 7) is 1.45. The van der Waals surface area contributed by atoms with Gasteiger partial charge in [-0.05, 0) is 42.0 Å². The molecule has 5 aromatic rings. The van der Waals surface area contributed by atoms with Gasteiger partial charge in [-0.3, -0.25) is 4.79 Å². The van der Waals surface area contributed by atoms with Gasteiger partial charge in [-0.2, -0.15) is 0 Å². The number of fused-ring (bicyclic) bond motifs is 1. The monoisotopic (exact) mass is 471 g/mol. The smallest absolute Gasteiger partial charge is 0.231 e. The maximum absolute atomic E-state index is 13.4. The predicted molar refractivity (Wildman–Crippen MR) is 130 cm³/mol. The van der Waals surface area contributed by atoms with E-state index < -0.39 is 0 Å². The third kappa shape index (κ3) is 4.72. The van der Waals surface area contributed by atoms with E-state index in [1.54, 1.807) is 48.5 Å². The molecular weight excluding hydrogens is 453 g/mol. The summed E-state index contributed by atoms with van der Waals surface area (Å²) in [7, 11) is 0. The van der Waals surface area contributed by atoms with Crippen LogP contribution in [-0.2, 0) is 4.79 Å². The number of amides is 1. The zero-order chi connectivity index (χ0) is 23.5. The Morgan fingerprint density at radius 2 is 1.62 bits per heavy atom. The van der Waals surface area contributed by atoms with Crippen LogP contribution in [0.15, 0.2) is 84.5 Å². The van der Waals surface area contributed by atoms with Crippen molar-refractivity contribution < 1.29 is 18.7 Å². The van der Waals surface area contributed by atoms with Crippen LogP contribution in [0.5, 0.6) is 23.1 Å². The molecule has 34 heavy (non-hydrogen) atoms. The largest absolute Gasteiger partial charge is 0.457 e. The molecule has 0 unspecified atom stereocenters. The molecule has 0 saturated carbocycles. The molecule has 0 radical (unpaired) electrons. The normalized spacial score (nSPS) is 10.8. The fraction of sp³-hybridized carbons (Fsp3) is 0.0385. The number of carbonyl (C=O) groups excluding carboxylic acids is 1. The SMILES string of the molecule is CC(=O)Nc1cccc(Oc2cccc(Oc3ncnc4scc(-c5ccc(F)cc5)c34)c2)c1. The topological polar surface area (TPSA) is 73.3 Å². The molecule has 1 N–H and O–H groups in total. The molecule has 0 aliphatic carbocycles. The molecule has 0 aliphatic rings. The van der Waals surface area contributed by atoms with Gasteiger partial charge in [0.2, 0.25) is 11.8 Å². The summed E-state index contributed by atoms with van der Waals surface area (Å²) < 4.78 is 25.5.